The fourth-order valence-corrected chi connectivity index (χ4v) is 7.14. The van der Waals surface area contributed by atoms with Gasteiger partial charge in [-0.3, -0.25) is 4.79 Å². The van der Waals surface area contributed by atoms with Crippen LogP contribution in [0.4, 0.5) is 0 Å². The summed E-state index contributed by atoms with van der Waals surface area (Å²) in [6, 6.07) is 27.1. The van der Waals surface area contributed by atoms with Crippen molar-refractivity contribution in [2.45, 2.75) is 64.0 Å². The van der Waals surface area contributed by atoms with Gasteiger partial charge in [-0.1, -0.05) is 49.1 Å². The first-order chi connectivity index (χ1) is 22.9. The average molecular weight is 648 g/mol. The third kappa shape index (κ3) is 6.63. The van der Waals surface area contributed by atoms with E-state index >= 15 is 0 Å². The van der Waals surface area contributed by atoms with Crippen molar-refractivity contribution in [3.63, 3.8) is 0 Å². The number of rotatable bonds is 8. The standard InChI is InChI=1S/C39H38ClN3O4/c40-31-16-11-26(12-17-31)34-23-28(38(44)42-21-5-2-6-22-42)9-10-30(34)25-47-33-18-13-27(14-19-33)37-41-35-24-29(39(45)46)15-20-36(35)43(37)32-7-3-1-4-8-32/h9-20,23-24,32H,1-8,21-22,25H2,(H,45,46). The predicted molar refractivity (Wildman–Crippen MR) is 185 cm³/mol. The van der Waals surface area contributed by atoms with Crippen LogP contribution in [-0.4, -0.2) is 44.5 Å². The molecule has 1 aromatic heterocycles. The number of fused-ring (bicyclic) bond motifs is 1. The number of carboxylic acid groups (broad SMARTS) is 1. The van der Waals surface area contributed by atoms with Crippen molar-refractivity contribution < 1.29 is 19.4 Å². The number of ether oxygens (including phenoxy) is 1. The minimum absolute atomic E-state index is 0.0707. The maximum absolute atomic E-state index is 13.3. The second-order valence-corrected chi connectivity index (χ2v) is 13.1. The molecule has 4 aromatic carbocycles. The molecule has 0 atom stereocenters. The first-order valence-corrected chi connectivity index (χ1v) is 17.0. The quantitative estimate of drug-likeness (QED) is 0.181. The van der Waals surface area contributed by atoms with Gasteiger partial charge in [0.15, 0.2) is 0 Å². The molecular weight excluding hydrogens is 610 g/mol. The van der Waals surface area contributed by atoms with Gasteiger partial charge in [0, 0.05) is 35.3 Å². The van der Waals surface area contributed by atoms with E-state index < -0.39 is 5.97 Å². The molecule has 2 fully saturated rings. The van der Waals surface area contributed by atoms with E-state index in [0.29, 0.717) is 28.8 Å². The van der Waals surface area contributed by atoms with Crippen LogP contribution in [0.3, 0.4) is 0 Å². The van der Waals surface area contributed by atoms with E-state index in [2.05, 4.69) is 4.57 Å². The zero-order chi connectivity index (χ0) is 32.3. The molecule has 1 N–H and O–H groups in total. The Morgan fingerprint density at radius 3 is 2.19 bits per heavy atom. The van der Waals surface area contributed by atoms with E-state index in [0.717, 1.165) is 78.1 Å². The number of carbonyl (C=O) groups excluding carboxylic acids is 1. The smallest absolute Gasteiger partial charge is 0.335 e. The Kier molecular flexibility index (Phi) is 8.99. The van der Waals surface area contributed by atoms with Crippen molar-refractivity contribution in [2.24, 2.45) is 0 Å². The molecule has 2 heterocycles. The number of amides is 1. The zero-order valence-corrected chi connectivity index (χ0v) is 27.1. The number of carbonyl (C=O) groups is 2. The van der Waals surface area contributed by atoms with Crippen molar-refractivity contribution >= 4 is 34.5 Å². The summed E-state index contributed by atoms with van der Waals surface area (Å²) in [4.78, 5) is 31.9. The normalized spacial score (nSPS) is 15.6. The first kappa shape index (κ1) is 31.0. The molecule has 1 aliphatic carbocycles. The predicted octanol–water partition coefficient (Wildman–Crippen LogP) is 9.43. The summed E-state index contributed by atoms with van der Waals surface area (Å²) in [6.45, 7) is 1.93. The minimum atomic E-state index is -0.954. The Balaban J connectivity index is 1.15. The van der Waals surface area contributed by atoms with Crippen molar-refractivity contribution in [1.29, 1.82) is 0 Å². The van der Waals surface area contributed by atoms with Crippen LogP contribution < -0.4 is 4.74 Å². The van der Waals surface area contributed by atoms with Crippen LogP contribution in [-0.2, 0) is 6.61 Å². The third-order valence-corrected chi connectivity index (χ3v) is 9.79. The lowest BCUT2D eigenvalue weighted by Crippen LogP contribution is -2.35. The highest BCUT2D eigenvalue weighted by molar-refractivity contribution is 6.30. The van der Waals surface area contributed by atoms with Crippen LogP contribution in [0.1, 0.15) is 83.7 Å². The summed E-state index contributed by atoms with van der Waals surface area (Å²) >= 11 is 6.20. The number of imidazole rings is 1. The summed E-state index contributed by atoms with van der Waals surface area (Å²) in [5.74, 6) is 0.684. The van der Waals surface area contributed by atoms with Crippen LogP contribution >= 0.6 is 11.6 Å². The Morgan fingerprint density at radius 1 is 0.787 bits per heavy atom. The Bertz CT molecular complexity index is 1900. The lowest BCUT2D eigenvalue weighted by atomic mass is 9.95. The number of hydrogen-bond acceptors (Lipinski definition) is 4. The monoisotopic (exact) mass is 647 g/mol. The van der Waals surface area contributed by atoms with Gasteiger partial charge in [0.1, 0.15) is 18.2 Å². The number of aromatic nitrogens is 2. The second kappa shape index (κ2) is 13.6. The van der Waals surface area contributed by atoms with Gasteiger partial charge in [0.2, 0.25) is 0 Å². The lowest BCUT2D eigenvalue weighted by molar-refractivity contribution is 0.0694. The van der Waals surface area contributed by atoms with Gasteiger partial charge in [-0.2, -0.15) is 0 Å². The van der Waals surface area contributed by atoms with Crippen LogP contribution in [0, 0.1) is 0 Å². The molecule has 1 aliphatic heterocycles. The van der Waals surface area contributed by atoms with E-state index in [4.69, 9.17) is 21.3 Å². The first-order valence-electron chi connectivity index (χ1n) is 16.6. The SMILES string of the molecule is O=C(O)c1ccc2c(c1)nc(-c1ccc(OCc3ccc(C(=O)N4CCCCC4)cc3-c3ccc(Cl)cc3)cc1)n2C1CCCCC1. The van der Waals surface area contributed by atoms with E-state index in [1.165, 1.54) is 25.7 Å². The molecule has 240 valence electrons. The van der Waals surface area contributed by atoms with Gasteiger partial charge in [-0.25, -0.2) is 9.78 Å². The van der Waals surface area contributed by atoms with E-state index in [9.17, 15) is 14.7 Å². The van der Waals surface area contributed by atoms with Crippen molar-refractivity contribution in [3.05, 3.63) is 107 Å². The maximum Gasteiger partial charge on any atom is 0.335 e. The van der Waals surface area contributed by atoms with Gasteiger partial charge in [0.05, 0.1) is 16.6 Å². The van der Waals surface area contributed by atoms with Gasteiger partial charge in [0.25, 0.3) is 5.91 Å². The fourth-order valence-electron chi connectivity index (χ4n) is 7.02. The molecule has 47 heavy (non-hydrogen) atoms. The topological polar surface area (TPSA) is 84.7 Å². The fraction of sp³-hybridized carbons (Fsp3) is 0.308. The van der Waals surface area contributed by atoms with Crippen LogP contribution in [0.15, 0.2) is 84.9 Å². The summed E-state index contributed by atoms with van der Waals surface area (Å²) in [5.41, 5.74) is 6.44. The molecule has 5 aromatic rings. The molecular formula is C39H38ClN3O4. The highest BCUT2D eigenvalue weighted by atomic mass is 35.5. The molecule has 8 heteroatoms. The van der Waals surface area contributed by atoms with E-state index in [1.54, 1.807) is 12.1 Å². The molecule has 2 aliphatic rings. The van der Waals surface area contributed by atoms with Crippen molar-refractivity contribution in [3.8, 4) is 28.3 Å². The molecule has 0 unspecified atom stereocenters. The highest BCUT2D eigenvalue weighted by Gasteiger charge is 2.24. The zero-order valence-electron chi connectivity index (χ0n) is 26.3. The van der Waals surface area contributed by atoms with Gasteiger partial charge >= 0.3 is 5.97 Å². The molecule has 1 amide bonds. The van der Waals surface area contributed by atoms with E-state index in [-0.39, 0.29) is 11.5 Å². The third-order valence-electron chi connectivity index (χ3n) is 9.54. The Labute approximate surface area is 279 Å². The summed E-state index contributed by atoms with van der Waals surface area (Å²) in [6.07, 6.45) is 9.02. The molecule has 7 rings (SSSR count). The number of likely N-dealkylation sites (tertiary alicyclic amines) is 1. The van der Waals surface area contributed by atoms with Crippen LogP contribution in [0.25, 0.3) is 33.5 Å². The molecule has 7 nitrogen and oxygen atoms in total. The maximum atomic E-state index is 13.3. The lowest BCUT2D eigenvalue weighted by Gasteiger charge is -2.27. The highest BCUT2D eigenvalue weighted by Crippen LogP contribution is 2.37. The number of benzene rings is 4. The minimum Gasteiger partial charge on any atom is -0.489 e. The van der Waals surface area contributed by atoms with Crippen LogP contribution in [0.2, 0.25) is 5.02 Å². The summed E-state index contributed by atoms with van der Waals surface area (Å²) in [5, 5.41) is 10.2. The molecule has 0 bridgehead atoms. The van der Waals surface area contributed by atoms with Gasteiger partial charge in [-0.05, 0) is 116 Å². The molecule has 1 saturated carbocycles. The summed E-state index contributed by atoms with van der Waals surface area (Å²) in [7, 11) is 0. The number of nitrogens with zero attached hydrogens (tertiary/aromatic N) is 3. The van der Waals surface area contributed by atoms with Gasteiger partial charge in [-0.15, -0.1) is 0 Å². The summed E-state index contributed by atoms with van der Waals surface area (Å²) < 4.78 is 8.63. The molecule has 0 spiro atoms. The van der Waals surface area contributed by atoms with E-state index in [1.807, 2.05) is 77.7 Å². The Hall–Kier alpha value is -4.62. The van der Waals surface area contributed by atoms with Crippen molar-refractivity contribution in [2.75, 3.05) is 13.1 Å². The molecule has 0 radical (unpaired) electrons. The second-order valence-electron chi connectivity index (χ2n) is 12.7. The number of carboxylic acids is 1. The Morgan fingerprint density at radius 2 is 1.47 bits per heavy atom. The van der Waals surface area contributed by atoms with Gasteiger partial charge < -0.3 is 19.3 Å². The average Bonchev–Trinajstić information content (AvgIpc) is 3.51. The largest absolute Gasteiger partial charge is 0.489 e. The number of halogens is 1. The number of piperidine rings is 1. The van der Waals surface area contributed by atoms with Crippen molar-refractivity contribution in [1.82, 2.24) is 14.5 Å². The number of hydrogen-bond donors (Lipinski definition) is 1. The van der Waals surface area contributed by atoms with Crippen LogP contribution in [0.5, 0.6) is 5.75 Å². The molecule has 1 saturated heterocycles. The number of aromatic carboxylic acids is 1.